The van der Waals surface area contributed by atoms with Crippen molar-refractivity contribution < 1.29 is 9.53 Å². The Morgan fingerprint density at radius 3 is 2.90 bits per heavy atom. The molecule has 0 unspecified atom stereocenters. The third-order valence-electron chi connectivity index (χ3n) is 3.89. The van der Waals surface area contributed by atoms with E-state index in [2.05, 4.69) is 10.00 Å². The molecule has 0 radical (unpaired) electrons. The molecule has 0 aromatic carbocycles. The van der Waals surface area contributed by atoms with Crippen LogP contribution in [0.15, 0.2) is 24.5 Å². The predicted molar refractivity (Wildman–Crippen MR) is 79.3 cm³/mol. The van der Waals surface area contributed by atoms with Crippen molar-refractivity contribution in [2.24, 2.45) is 5.73 Å². The zero-order valence-electron chi connectivity index (χ0n) is 12.0. The van der Waals surface area contributed by atoms with Gasteiger partial charge in [0.2, 0.25) is 0 Å². The van der Waals surface area contributed by atoms with Gasteiger partial charge in [0, 0.05) is 19.3 Å². The van der Waals surface area contributed by atoms with Crippen LogP contribution in [-0.2, 0) is 11.2 Å². The molecule has 6 nitrogen and oxygen atoms in total. The lowest BCUT2D eigenvalue weighted by molar-refractivity contribution is 0.0374. The minimum absolute atomic E-state index is 0.440. The van der Waals surface area contributed by atoms with E-state index in [4.69, 9.17) is 10.5 Å². The number of nitrogens with zero attached hydrogens (tertiary/aromatic N) is 3. The number of rotatable bonds is 5. The second-order valence-electron chi connectivity index (χ2n) is 5.35. The van der Waals surface area contributed by atoms with Crippen molar-refractivity contribution >= 4 is 11.4 Å². The van der Waals surface area contributed by atoms with Crippen LogP contribution in [0.1, 0.15) is 22.3 Å². The lowest BCUT2D eigenvalue weighted by Crippen LogP contribution is -2.36. The van der Waals surface area contributed by atoms with Crippen LogP contribution in [0.2, 0.25) is 0 Å². The summed E-state index contributed by atoms with van der Waals surface area (Å²) >= 11 is 0. The van der Waals surface area contributed by atoms with Gasteiger partial charge in [-0.25, -0.2) is 4.52 Å². The van der Waals surface area contributed by atoms with Gasteiger partial charge >= 0.3 is 0 Å². The van der Waals surface area contributed by atoms with E-state index in [9.17, 15) is 4.79 Å². The minimum atomic E-state index is -0.440. The average Bonchev–Trinajstić information content (AvgIpc) is 2.91. The summed E-state index contributed by atoms with van der Waals surface area (Å²) in [6.07, 6.45) is 5.60. The Hall–Kier alpha value is -1.92. The Morgan fingerprint density at radius 2 is 2.14 bits per heavy atom. The number of nitrogens with two attached hydrogens (primary N) is 1. The number of carbonyl (C=O) groups excluding carboxylic acids is 1. The average molecular weight is 288 g/mol. The van der Waals surface area contributed by atoms with Crippen molar-refractivity contribution in [1.82, 2.24) is 14.5 Å². The molecule has 6 heteroatoms. The van der Waals surface area contributed by atoms with E-state index in [1.54, 1.807) is 4.52 Å². The van der Waals surface area contributed by atoms with Crippen LogP contribution < -0.4 is 5.73 Å². The zero-order valence-corrected chi connectivity index (χ0v) is 12.0. The molecule has 0 bridgehead atoms. The quantitative estimate of drug-likeness (QED) is 0.879. The van der Waals surface area contributed by atoms with E-state index < -0.39 is 5.91 Å². The second-order valence-corrected chi connectivity index (χ2v) is 5.35. The summed E-state index contributed by atoms with van der Waals surface area (Å²) in [4.78, 5) is 13.7. The third kappa shape index (κ3) is 3.22. The molecule has 21 heavy (non-hydrogen) atoms. The van der Waals surface area contributed by atoms with Crippen LogP contribution in [-0.4, -0.2) is 53.3 Å². The Morgan fingerprint density at radius 1 is 1.33 bits per heavy atom. The molecule has 112 valence electrons. The van der Waals surface area contributed by atoms with Gasteiger partial charge in [0.1, 0.15) is 0 Å². The van der Waals surface area contributed by atoms with E-state index in [-0.39, 0.29) is 0 Å². The van der Waals surface area contributed by atoms with Gasteiger partial charge in [-0.15, -0.1) is 0 Å². The first-order valence-corrected chi connectivity index (χ1v) is 7.30. The molecular weight excluding hydrogens is 268 g/mol. The van der Waals surface area contributed by atoms with E-state index in [0.717, 1.165) is 51.2 Å². The number of ether oxygens (including phenoxy) is 1. The summed E-state index contributed by atoms with van der Waals surface area (Å²) in [5.74, 6) is -0.440. The van der Waals surface area contributed by atoms with Gasteiger partial charge in [0.25, 0.3) is 5.91 Å². The van der Waals surface area contributed by atoms with Gasteiger partial charge in [-0.3, -0.25) is 9.69 Å². The molecule has 1 aliphatic rings. The van der Waals surface area contributed by atoms with Crippen LogP contribution in [0.25, 0.3) is 5.52 Å². The first-order chi connectivity index (χ1) is 10.2. The normalized spacial score (nSPS) is 16.4. The zero-order chi connectivity index (χ0) is 14.7. The fraction of sp³-hybridized carbons (Fsp3) is 0.467. The van der Waals surface area contributed by atoms with E-state index in [1.807, 2.05) is 18.3 Å². The van der Waals surface area contributed by atoms with Crippen LogP contribution in [0.4, 0.5) is 0 Å². The second kappa shape index (κ2) is 6.24. The number of carbonyl (C=O) groups is 1. The van der Waals surface area contributed by atoms with Gasteiger partial charge in [-0.1, -0.05) is 6.07 Å². The lowest BCUT2D eigenvalue weighted by Gasteiger charge is -2.26. The van der Waals surface area contributed by atoms with Crippen molar-refractivity contribution in [3.05, 3.63) is 35.7 Å². The molecule has 2 aromatic rings. The maximum Gasteiger partial charge on any atom is 0.252 e. The van der Waals surface area contributed by atoms with Crippen LogP contribution in [0.3, 0.4) is 0 Å². The number of pyridine rings is 1. The first-order valence-electron chi connectivity index (χ1n) is 7.30. The SMILES string of the molecule is NC(=O)c1cnn2cc(CCCN3CCOCC3)ccc12. The molecule has 2 N–H and O–H groups in total. The van der Waals surface area contributed by atoms with Crippen molar-refractivity contribution in [2.75, 3.05) is 32.8 Å². The molecule has 0 atom stereocenters. The molecule has 0 aliphatic carbocycles. The highest BCUT2D eigenvalue weighted by molar-refractivity contribution is 5.99. The summed E-state index contributed by atoms with van der Waals surface area (Å²) in [7, 11) is 0. The number of morpholine rings is 1. The van der Waals surface area contributed by atoms with Crippen molar-refractivity contribution in [1.29, 1.82) is 0 Å². The Balaban J connectivity index is 1.61. The number of primary amides is 1. The van der Waals surface area contributed by atoms with Gasteiger partial charge in [0.05, 0.1) is 30.5 Å². The number of hydrogen-bond acceptors (Lipinski definition) is 4. The summed E-state index contributed by atoms with van der Waals surface area (Å²) in [5, 5.41) is 4.19. The number of fused-ring (bicyclic) bond motifs is 1. The van der Waals surface area contributed by atoms with E-state index in [0.29, 0.717) is 5.56 Å². The van der Waals surface area contributed by atoms with Gasteiger partial charge in [-0.2, -0.15) is 5.10 Å². The van der Waals surface area contributed by atoms with Crippen LogP contribution in [0, 0.1) is 0 Å². The molecule has 0 spiro atoms. The standard InChI is InChI=1S/C15H20N4O2/c16-15(20)13-10-17-19-11-12(3-4-14(13)19)2-1-5-18-6-8-21-9-7-18/h3-4,10-11H,1-2,5-9H2,(H2,16,20). The fourth-order valence-electron chi connectivity index (χ4n) is 2.70. The molecular formula is C15H20N4O2. The predicted octanol–water partition coefficient (Wildman–Crippen LogP) is 0.698. The summed E-state index contributed by atoms with van der Waals surface area (Å²) in [6, 6.07) is 3.96. The van der Waals surface area contributed by atoms with Crippen molar-refractivity contribution in [3.63, 3.8) is 0 Å². The molecule has 1 amide bonds. The molecule has 3 rings (SSSR count). The molecule has 2 aromatic heterocycles. The van der Waals surface area contributed by atoms with Gasteiger partial charge < -0.3 is 10.5 Å². The number of hydrogen-bond donors (Lipinski definition) is 1. The van der Waals surface area contributed by atoms with Crippen LogP contribution in [0.5, 0.6) is 0 Å². The molecule has 1 aliphatic heterocycles. The van der Waals surface area contributed by atoms with Gasteiger partial charge in [-0.05, 0) is 31.0 Å². The molecule has 3 heterocycles. The Kier molecular flexibility index (Phi) is 4.17. The summed E-state index contributed by atoms with van der Waals surface area (Å²) < 4.78 is 7.07. The Labute approximate surface area is 123 Å². The van der Waals surface area contributed by atoms with E-state index >= 15 is 0 Å². The van der Waals surface area contributed by atoms with Crippen molar-refractivity contribution in [2.45, 2.75) is 12.8 Å². The van der Waals surface area contributed by atoms with Crippen molar-refractivity contribution in [3.8, 4) is 0 Å². The largest absolute Gasteiger partial charge is 0.379 e. The van der Waals surface area contributed by atoms with E-state index in [1.165, 1.54) is 11.8 Å². The third-order valence-corrected chi connectivity index (χ3v) is 3.89. The lowest BCUT2D eigenvalue weighted by atomic mass is 10.1. The minimum Gasteiger partial charge on any atom is -0.379 e. The maximum atomic E-state index is 11.3. The highest BCUT2D eigenvalue weighted by Crippen LogP contribution is 2.13. The molecule has 1 saturated heterocycles. The molecule has 1 fully saturated rings. The highest BCUT2D eigenvalue weighted by Gasteiger charge is 2.11. The maximum absolute atomic E-state index is 11.3. The van der Waals surface area contributed by atoms with Gasteiger partial charge in [0.15, 0.2) is 0 Å². The topological polar surface area (TPSA) is 72.9 Å². The first kappa shape index (κ1) is 14.0. The monoisotopic (exact) mass is 288 g/mol. The highest BCUT2D eigenvalue weighted by atomic mass is 16.5. The summed E-state index contributed by atoms with van der Waals surface area (Å²) in [5.41, 5.74) is 7.77. The number of aromatic nitrogens is 2. The van der Waals surface area contributed by atoms with Crippen LogP contribution >= 0.6 is 0 Å². The summed E-state index contributed by atoms with van der Waals surface area (Å²) in [6.45, 7) is 4.83. The molecule has 0 saturated carbocycles. The Bertz CT molecular complexity index is 632. The number of amides is 1. The number of aryl methyl sites for hydroxylation is 1. The fourth-order valence-corrected chi connectivity index (χ4v) is 2.70. The smallest absolute Gasteiger partial charge is 0.252 e.